The van der Waals surface area contributed by atoms with Gasteiger partial charge in [-0.2, -0.15) is 27.1 Å². The molecule has 0 aliphatic rings. The zero-order valence-electron chi connectivity index (χ0n) is 16.9. The average Bonchev–Trinajstić information content (AvgIpc) is 2.74. The molecule has 13 heteroatoms. The van der Waals surface area contributed by atoms with Gasteiger partial charge in [0.2, 0.25) is 0 Å². The van der Waals surface area contributed by atoms with E-state index in [-0.39, 0.29) is 38.0 Å². The first-order valence-corrected chi connectivity index (χ1v) is 11.0. The van der Waals surface area contributed by atoms with Crippen LogP contribution in [0.3, 0.4) is 0 Å². The maximum absolute atomic E-state index is 13.8. The van der Waals surface area contributed by atoms with Crippen LogP contribution in [-0.4, -0.2) is 36.6 Å². The third-order valence-electron chi connectivity index (χ3n) is 4.62. The van der Waals surface area contributed by atoms with Crippen LogP contribution in [0.2, 0.25) is 0 Å². The SMILES string of the molecule is CS(=O)(=O)c1ccc(-c2cnn(C=C(F)C(F)(F)C(F)(F)F)c(=O)c2-c2ccc(F)cc2)cc1. The molecule has 3 aromatic rings. The lowest BCUT2D eigenvalue weighted by Gasteiger charge is -2.17. The highest BCUT2D eigenvalue weighted by atomic mass is 32.2. The highest BCUT2D eigenvalue weighted by molar-refractivity contribution is 7.90. The predicted molar refractivity (Wildman–Crippen MR) is 109 cm³/mol. The van der Waals surface area contributed by atoms with Gasteiger partial charge in [0.1, 0.15) is 5.82 Å². The van der Waals surface area contributed by atoms with Gasteiger partial charge in [-0.15, -0.1) is 0 Å². The molecule has 0 spiro atoms. The Morgan fingerprint density at radius 2 is 1.47 bits per heavy atom. The number of alkyl halides is 5. The van der Waals surface area contributed by atoms with E-state index in [2.05, 4.69) is 5.10 Å². The molecule has 0 aliphatic heterocycles. The van der Waals surface area contributed by atoms with Gasteiger partial charge in [-0.3, -0.25) is 4.79 Å². The van der Waals surface area contributed by atoms with E-state index in [1.165, 1.54) is 24.3 Å². The van der Waals surface area contributed by atoms with Crippen LogP contribution in [-0.2, 0) is 9.84 Å². The molecular weight excluding hydrogens is 493 g/mol. The first kappa shape index (κ1) is 25.1. The number of hydrogen-bond acceptors (Lipinski definition) is 4. The molecule has 0 fully saturated rings. The fourth-order valence-corrected chi connectivity index (χ4v) is 3.51. The molecule has 1 aromatic heterocycles. The summed E-state index contributed by atoms with van der Waals surface area (Å²) < 4.78 is 114. The van der Waals surface area contributed by atoms with Crippen molar-refractivity contribution < 1.29 is 39.2 Å². The summed E-state index contributed by atoms with van der Waals surface area (Å²) >= 11 is 0. The molecule has 0 radical (unpaired) electrons. The number of nitrogens with zero attached hydrogens (tertiary/aromatic N) is 2. The number of allylic oxidation sites excluding steroid dienone is 1. The van der Waals surface area contributed by atoms with E-state index in [1.54, 1.807) is 0 Å². The van der Waals surface area contributed by atoms with Crippen LogP contribution in [0, 0.1) is 5.82 Å². The number of halogens is 7. The number of benzene rings is 2. The van der Waals surface area contributed by atoms with Crippen molar-refractivity contribution in [2.45, 2.75) is 17.0 Å². The van der Waals surface area contributed by atoms with E-state index in [0.717, 1.165) is 36.7 Å². The summed E-state index contributed by atoms with van der Waals surface area (Å²) in [4.78, 5) is 12.9. The second-order valence-electron chi connectivity index (χ2n) is 7.04. The Bertz CT molecular complexity index is 1410. The summed E-state index contributed by atoms with van der Waals surface area (Å²) in [5, 5.41) is 3.46. The first-order chi connectivity index (χ1) is 15.6. The van der Waals surface area contributed by atoms with Crippen molar-refractivity contribution in [3.05, 3.63) is 76.7 Å². The highest BCUT2D eigenvalue weighted by Gasteiger charge is 2.61. The molecule has 0 atom stereocenters. The fraction of sp³-hybridized carbons (Fsp3) is 0.143. The summed E-state index contributed by atoms with van der Waals surface area (Å²) in [6.07, 6.45) is -4.78. The highest BCUT2D eigenvalue weighted by Crippen LogP contribution is 2.41. The van der Waals surface area contributed by atoms with Gasteiger partial charge in [-0.1, -0.05) is 24.3 Å². The summed E-state index contributed by atoms with van der Waals surface area (Å²) in [5.74, 6) is -9.53. The normalized spacial score (nSPS) is 13.2. The summed E-state index contributed by atoms with van der Waals surface area (Å²) in [6.45, 7) is 0. The molecule has 180 valence electrons. The van der Waals surface area contributed by atoms with E-state index in [9.17, 15) is 43.9 Å². The van der Waals surface area contributed by atoms with E-state index in [0.29, 0.717) is 0 Å². The Morgan fingerprint density at radius 3 is 1.97 bits per heavy atom. The molecule has 0 aliphatic carbocycles. The molecule has 3 rings (SSSR count). The number of rotatable bonds is 5. The van der Waals surface area contributed by atoms with Crippen molar-refractivity contribution >= 4 is 16.0 Å². The summed E-state index contributed by atoms with van der Waals surface area (Å²) in [6, 6.07) is 9.23. The molecule has 0 saturated heterocycles. The molecule has 0 N–H and O–H groups in total. The van der Waals surface area contributed by atoms with Gasteiger partial charge in [0.05, 0.1) is 22.9 Å². The topological polar surface area (TPSA) is 69.0 Å². The van der Waals surface area contributed by atoms with Gasteiger partial charge in [0, 0.05) is 11.8 Å². The summed E-state index contributed by atoms with van der Waals surface area (Å²) in [5.41, 5.74) is -1.38. The van der Waals surface area contributed by atoms with Gasteiger partial charge < -0.3 is 0 Å². The van der Waals surface area contributed by atoms with Crippen molar-refractivity contribution in [2.75, 3.05) is 6.26 Å². The van der Waals surface area contributed by atoms with Gasteiger partial charge in [-0.25, -0.2) is 21.9 Å². The number of aromatic nitrogens is 2. The van der Waals surface area contributed by atoms with E-state index in [4.69, 9.17) is 0 Å². The fourth-order valence-electron chi connectivity index (χ4n) is 2.88. The van der Waals surface area contributed by atoms with Gasteiger partial charge >= 0.3 is 12.1 Å². The second-order valence-corrected chi connectivity index (χ2v) is 9.05. The molecule has 0 saturated carbocycles. The molecule has 0 amide bonds. The van der Waals surface area contributed by atoms with E-state index >= 15 is 0 Å². The standard InChI is InChI=1S/C21H13F7N2O3S/c1-34(32,33)15-8-4-12(5-9-15)16-10-29-30(11-17(23)20(24,25)21(26,27)28)19(31)18(16)13-2-6-14(22)7-3-13/h2-11H,1H3. The van der Waals surface area contributed by atoms with Crippen molar-refractivity contribution in [2.24, 2.45) is 0 Å². The van der Waals surface area contributed by atoms with Crippen LogP contribution in [0.15, 0.2) is 70.2 Å². The third kappa shape index (κ3) is 4.88. The zero-order valence-corrected chi connectivity index (χ0v) is 17.8. The molecular formula is C21H13F7N2O3S. The van der Waals surface area contributed by atoms with Gasteiger partial charge in [0.25, 0.3) is 5.56 Å². The van der Waals surface area contributed by atoms with Crippen LogP contribution in [0.1, 0.15) is 0 Å². The summed E-state index contributed by atoms with van der Waals surface area (Å²) in [7, 11) is -3.56. The minimum atomic E-state index is -6.25. The molecule has 0 bridgehead atoms. The maximum Gasteiger partial charge on any atom is 0.460 e. The molecule has 1 heterocycles. The largest absolute Gasteiger partial charge is 0.460 e. The smallest absolute Gasteiger partial charge is 0.267 e. The number of hydrogen-bond donors (Lipinski definition) is 0. The molecule has 5 nitrogen and oxygen atoms in total. The number of sulfone groups is 1. The lowest BCUT2D eigenvalue weighted by molar-refractivity contribution is -0.270. The Balaban J connectivity index is 2.25. The predicted octanol–water partition coefficient (Wildman–Crippen LogP) is 5.09. The van der Waals surface area contributed by atoms with Crippen LogP contribution < -0.4 is 5.56 Å². The minimum Gasteiger partial charge on any atom is -0.267 e. The van der Waals surface area contributed by atoms with Crippen LogP contribution in [0.5, 0.6) is 0 Å². The second kappa shape index (κ2) is 8.70. The van der Waals surface area contributed by atoms with Crippen LogP contribution in [0.25, 0.3) is 28.5 Å². The van der Waals surface area contributed by atoms with E-state index in [1.807, 2.05) is 0 Å². The Morgan fingerprint density at radius 1 is 0.941 bits per heavy atom. The van der Waals surface area contributed by atoms with Crippen LogP contribution >= 0.6 is 0 Å². The van der Waals surface area contributed by atoms with Crippen molar-refractivity contribution in [1.82, 2.24) is 9.78 Å². The van der Waals surface area contributed by atoms with Crippen LogP contribution in [0.4, 0.5) is 30.7 Å². The quantitative estimate of drug-likeness (QED) is 0.453. The Labute approximate surface area is 187 Å². The average molecular weight is 506 g/mol. The van der Waals surface area contributed by atoms with Gasteiger partial charge in [0.15, 0.2) is 15.7 Å². The lowest BCUT2D eigenvalue weighted by atomic mass is 9.97. The molecule has 34 heavy (non-hydrogen) atoms. The zero-order chi connectivity index (χ0) is 25.5. The Hall–Kier alpha value is -3.48. The Kier molecular flexibility index (Phi) is 6.44. The van der Waals surface area contributed by atoms with Crippen molar-refractivity contribution in [1.29, 1.82) is 0 Å². The monoisotopic (exact) mass is 506 g/mol. The van der Waals surface area contributed by atoms with Crippen molar-refractivity contribution in [3.8, 4) is 22.3 Å². The lowest BCUT2D eigenvalue weighted by Crippen LogP contribution is -2.37. The molecule has 2 aromatic carbocycles. The first-order valence-electron chi connectivity index (χ1n) is 9.13. The van der Waals surface area contributed by atoms with Crippen molar-refractivity contribution in [3.63, 3.8) is 0 Å². The third-order valence-corrected chi connectivity index (χ3v) is 5.75. The molecule has 0 unspecified atom stereocenters. The maximum atomic E-state index is 13.8. The van der Waals surface area contributed by atoms with E-state index < -0.39 is 39.1 Å². The van der Waals surface area contributed by atoms with Gasteiger partial charge in [-0.05, 0) is 35.4 Å². The minimum absolute atomic E-state index is 0.00398.